The predicted molar refractivity (Wildman–Crippen MR) is 68.0 cm³/mol. The number of hydrogen-bond donors (Lipinski definition) is 1. The Kier molecular flexibility index (Phi) is 3.58. The molecule has 88 valence electrons. The van der Waals surface area contributed by atoms with Gasteiger partial charge in [-0.15, -0.1) is 0 Å². The van der Waals surface area contributed by atoms with E-state index in [-0.39, 0.29) is 5.75 Å². The van der Waals surface area contributed by atoms with Crippen LogP contribution < -0.4 is 10.1 Å². The van der Waals surface area contributed by atoms with E-state index in [1.165, 1.54) is 12.3 Å². The molecule has 2 aromatic rings. The lowest BCUT2D eigenvalue weighted by Gasteiger charge is -2.07. The van der Waals surface area contributed by atoms with Crippen LogP contribution in [0.5, 0.6) is 11.5 Å². The zero-order valence-electron chi connectivity index (χ0n) is 9.08. The Balaban J connectivity index is 2.25. The van der Waals surface area contributed by atoms with Gasteiger partial charge in [-0.1, -0.05) is 15.9 Å². The number of ether oxygens (including phenoxy) is 1. The second-order valence-corrected chi connectivity index (χ2v) is 4.25. The van der Waals surface area contributed by atoms with Gasteiger partial charge in [-0.2, -0.15) is 0 Å². The molecule has 1 aromatic carbocycles. The monoisotopic (exact) mass is 296 g/mol. The van der Waals surface area contributed by atoms with E-state index < -0.39 is 5.82 Å². The molecule has 1 N–H and O–H groups in total. The smallest absolute Gasteiger partial charge is 0.166 e. The molecule has 0 fully saturated rings. The summed E-state index contributed by atoms with van der Waals surface area (Å²) in [7, 11) is 1.78. The quantitative estimate of drug-likeness (QED) is 0.935. The molecule has 0 saturated heterocycles. The van der Waals surface area contributed by atoms with E-state index in [2.05, 4.69) is 26.2 Å². The van der Waals surface area contributed by atoms with Crippen LogP contribution in [-0.4, -0.2) is 12.0 Å². The molecule has 5 heteroatoms. The molecule has 0 saturated carbocycles. The number of rotatable bonds is 3. The summed E-state index contributed by atoms with van der Waals surface area (Å²) in [6.45, 7) is 0. The lowest BCUT2D eigenvalue weighted by Crippen LogP contribution is -1.92. The highest BCUT2D eigenvalue weighted by atomic mass is 79.9. The van der Waals surface area contributed by atoms with Gasteiger partial charge < -0.3 is 10.1 Å². The standard InChI is InChI=1S/C12H10BrFN2O/c1-15-9-5-10(7-16-6-9)17-12-3-2-8(13)4-11(12)14/h2-7,15H,1H3. The van der Waals surface area contributed by atoms with Crippen molar-refractivity contribution in [1.82, 2.24) is 4.98 Å². The maximum Gasteiger partial charge on any atom is 0.166 e. The van der Waals surface area contributed by atoms with Gasteiger partial charge in [-0.05, 0) is 18.2 Å². The minimum absolute atomic E-state index is 0.170. The first-order valence-electron chi connectivity index (χ1n) is 4.95. The van der Waals surface area contributed by atoms with E-state index in [9.17, 15) is 4.39 Å². The summed E-state index contributed by atoms with van der Waals surface area (Å²) in [6.07, 6.45) is 3.19. The molecule has 17 heavy (non-hydrogen) atoms. The summed E-state index contributed by atoms with van der Waals surface area (Å²) >= 11 is 3.19. The number of halogens is 2. The van der Waals surface area contributed by atoms with Crippen molar-refractivity contribution in [1.29, 1.82) is 0 Å². The first kappa shape index (κ1) is 11.9. The van der Waals surface area contributed by atoms with Crippen LogP contribution >= 0.6 is 15.9 Å². The largest absolute Gasteiger partial charge is 0.453 e. The third-order valence-corrected chi connectivity index (χ3v) is 2.62. The number of anilines is 1. The van der Waals surface area contributed by atoms with E-state index in [0.29, 0.717) is 10.2 Å². The number of pyridine rings is 1. The first-order chi connectivity index (χ1) is 8.19. The SMILES string of the molecule is CNc1cncc(Oc2ccc(Br)cc2F)c1. The molecule has 0 amide bonds. The van der Waals surface area contributed by atoms with E-state index in [4.69, 9.17) is 4.74 Å². The van der Waals surface area contributed by atoms with Gasteiger partial charge in [0.2, 0.25) is 0 Å². The van der Waals surface area contributed by atoms with Gasteiger partial charge in [0.1, 0.15) is 5.75 Å². The summed E-state index contributed by atoms with van der Waals surface area (Å²) in [6, 6.07) is 6.37. The number of nitrogens with zero attached hydrogens (tertiary/aromatic N) is 1. The van der Waals surface area contributed by atoms with E-state index >= 15 is 0 Å². The average Bonchev–Trinajstić information content (AvgIpc) is 2.33. The summed E-state index contributed by atoms with van der Waals surface area (Å²) in [4.78, 5) is 3.98. The fourth-order valence-corrected chi connectivity index (χ4v) is 1.63. The molecule has 1 aromatic heterocycles. The Morgan fingerprint density at radius 2 is 2.12 bits per heavy atom. The van der Waals surface area contributed by atoms with Crippen molar-refractivity contribution < 1.29 is 9.13 Å². The Labute approximate surface area is 107 Å². The molecular formula is C12H10BrFN2O. The van der Waals surface area contributed by atoms with Crippen molar-refractivity contribution in [3.05, 3.63) is 46.9 Å². The predicted octanol–water partition coefficient (Wildman–Crippen LogP) is 3.82. The highest BCUT2D eigenvalue weighted by Gasteiger charge is 2.05. The molecular weight excluding hydrogens is 287 g/mol. The third kappa shape index (κ3) is 2.94. The molecule has 3 nitrogen and oxygen atoms in total. The lowest BCUT2D eigenvalue weighted by atomic mass is 10.3. The van der Waals surface area contributed by atoms with Gasteiger partial charge in [-0.25, -0.2) is 4.39 Å². The Hall–Kier alpha value is -1.62. The van der Waals surface area contributed by atoms with Crippen molar-refractivity contribution in [2.24, 2.45) is 0 Å². The molecule has 0 bridgehead atoms. The van der Waals surface area contributed by atoms with Crippen LogP contribution in [0.4, 0.5) is 10.1 Å². The van der Waals surface area contributed by atoms with Gasteiger partial charge in [0, 0.05) is 17.6 Å². The number of hydrogen-bond acceptors (Lipinski definition) is 3. The van der Waals surface area contributed by atoms with Crippen LogP contribution in [0.3, 0.4) is 0 Å². The molecule has 0 atom stereocenters. The first-order valence-corrected chi connectivity index (χ1v) is 5.74. The molecule has 0 aliphatic carbocycles. The lowest BCUT2D eigenvalue weighted by molar-refractivity contribution is 0.440. The fraction of sp³-hybridized carbons (Fsp3) is 0.0833. The maximum atomic E-state index is 13.5. The van der Waals surface area contributed by atoms with Crippen LogP contribution in [0.2, 0.25) is 0 Å². The molecule has 0 unspecified atom stereocenters. The van der Waals surface area contributed by atoms with Gasteiger partial charge in [0.05, 0.1) is 18.1 Å². The maximum absolute atomic E-state index is 13.5. The normalized spacial score (nSPS) is 10.1. The Morgan fingerprint density at radius 1 is 1.29 bits per heavy atom. The van der Waals surface area contributed by atoms with E-state index in [1.807, 2.05) is 0 Å². The van der Waals surface area contributed by atoms with Crippen molar-refractivity contribution in [3.63, 3.8) is 0 Å². The third-order valence-electron chi connectivity index (χ3n) is 2.12. The highest BCUT2D eigenvalue weighted by molar-refractivity contribution is 9.10. The van der Waals surface area contributed by atoms with Crippen molar-refractivity contribution in [3.8, 4) is 11.5 Å². The van der Waals surface area contributed by atoms with Gasteiger partial charge in [-0.3, -0.25) is 4.98 Å². The van der Waals surface area contributed by atoms with Crippen molar-refractivity contribution in [2.75, 3.05) is 12.4 Å². The van der Waals surface area contributed by atoms with Crippen LogP contribution in [0.1, 0.15) is 0 Å². The summed E-state index contributed by atoms with van der Waals surface area (Å²) in [5.74, 6) is 0.232. The van der Waals surface area contributed by atoms with E-state index in [0.717, 1.165) is 5.69 Å². The summed E-state index contributed by atoms with van der Waals surface area (Å²) < 4.78 is 19.6. The van der Waals surface area contributed by atoms with Crippen molar-refractivity contribution in [2.45, 2.75) is 0 Å². The second-order valence-electron chi connectivity index (χ2n) is 3.34. The van der Waals surface area contributed by atoms with Crippen LogP contribution in [0, 0.1) is 5.82 Å². The topological polar surface area (TPSA) is 34.2 Å². The molecule has 0 radical (unpaired) electrons. The summed E-state index contributed by atoms with van der Waals surface area (Å²) in [5, 5.41) is 2.93. The van der Waals surface area contributed by atoms with Gasteiger partial charge >= 0.3 is 0 Å². The number of nitrogens with one attached hydrogen (secondary N) is 1. The zero-order valence-corrected chi connectivity index (χ0v) is 10.7. The van der Waals surface area contributed by atoms with Gasteiger partial charge in [0.15, 0.2) is 11.6 Å². The number of aromatic nitrogens is 1. The summed E-state index contributed by atoms with van der Waals surface area (Å²) in [5.41, 5.74) is 0.806. The molecule has 0 aliphatic rings. The van der Waals surface area contributed by atoms with Crippen LogP contribution in [0.25, 0.3) is 0 Å². The minimum atomic E-state index is -0.422. The average molecular weight is 297 g/mol. The highest BCUT2D eigenvalue weighted by Crippen LogP contribution is 2.27. The number of benzene rings is 1. The molecule has 1 heterocycles. The van der Waals surface area contributed by atoms with Crippen LogP contribution in [-0.2, 0) is 0 Å². The molecule has 0 spiro atoms. The van der Waals surface area contributed by atoms with Crippen molar-refractivity contribution >= 4 is 21.6 Å². The second kappa shape index (κ2) is 5.14. The molecule has 2 rings (SSSR count). The Bertz CT molecular complexity index is 534. The van der Waals surface area contributed by atoms with Crippen LogP contribution in [0.15, 0.2) is 41.1 Å². The molecule has 0 aliphatic heterocycles. The van der Waals surface area contributed by atoms with Gasteiger partial charge in [0.25, 0.3) is 0 Å². The Morgan fingerprint density at radius 3 is 2.82 bits per heavy atom. The van der Waals surface area contributed by atoms with E-state index in [1.54, 1.807) is 31.4 Å². The minimum Gasteiger partial charge on any atom is -0.453 e. The zero-order chi connectivity index (χ0) is 12.3. The fourth-order valence-electron chi connectivity index (χ4n) is 1.30.